The molecule has 0 bridgehead atoms. The normalized spacial score (nSPS) is 10.7. The number of anilines is 1. The largest absolute Gasteiger partial charge is 0.475 e. The highest BCUT2D eigenvalue weighted by Crippen LogP contribution is 2.31. The summed E-state index contributed by atoms with van der Waals surface area (Å²) in [6, 6.07) is 15.2. The zero-order valence-electron chi connectivity index (χ0n) is 16.2. The lowest BCUT2D eigenvalue weighted by atomic mass is 10.0. The molecule has 0 aliphatic heterocycles. The number of thiocarbonyl (C=S) groups is 1. The third kappa shape index (κ3) is 5.06. The second-order valence-electron chi connectivity index (χ2n) is 6.85. The Morgan fingerprint density at radius 1 is 1.07 bits per heavy atom. The predicted molar refractivity (Wildman–Crippen MR) is 120 cm³/mol. The number of nitrogens with one attached hydrogen (secondary N) is 2. The van der Waals surface area contributed by atoms with Crippen molar-refractivity contribution < 1.29 is 19.1 Å². The monoisotopic (exact) mass is 442 g/mol. The first-order valence-corrected chi connectivity index (χ1v) is 9.88. The Kier molecular flexibility index (Phi) is 6.54. The number of carbonyl (C=O) groups is 2. The van der Waals surface area contributed by atoms with E-state index < -0.39 is 5.97 Å². The van der Waals surface area contributed by atoms with Crippen molar-refractivity contribution in [2.75, 3.05) is 5.32 Å². The third-order valence-electron chi connectivity index (χ3n) is 4.38. The number of amides is 1. The van der Waals surface area contributed by atoms with E-state index in [9.17, 15) is 9.59 Å². The Balaban J connectivity index is 1.65. The number of rotatable bonds is 5. The molecule has 1 amide bonds. The van der Waals surface area contributed by atoms with Crippen molar-refractivity contribution in [3.05, 3.63) is 76.5 Å². The molecule has 0 fully saturated rings. The Labute approximate surface area is 183 Å². The SMILES string of the molecule is CC(C)c1ccc(C(=O)NC(=S)Nc2ccc(-c3ccc(C(=O)O)o3)c(Cl)c2)cc1. The summed E-state index contributed by atoms with van der Waals surface area (Å²) in [4.78, 5) is 23.3. The molecule has 3 aromatic rings. The molecular weight excluding hydrogens is 424 g/mol. The van der Waals surface area contributed by atoms with Crippen LogP contribution in [0.2, 0.25) is 5.02 Å². The molecule has 1 aromatic heterocycles. The molecule has 3 rings (SSSR count). The summed E-state index contributed by atoms with van der Waals surface area (Å²) in [5.41, 5.74) is 2.75. The van der Waals surface area contributed by atoms with Gasteiger partial charge in [0.15, 0.2) is 5.11 Å². The predicted octanol–water partition coefficient (Wildman–Crippen LogP) is 5.55. The number of halogens is 1. The van der Waals surface area contributed by atoms with Gasteiger partial charge in [-0.25, -0.2) is 4.79 Å². The highest BCUT2D eigenvalue weighted by atomic mass is 35.5. The molecule has 30 heavy (non-hydrogen) atoms. The average molecular weight is 443 g/mol. The number of benzene rings is 2. The highest BCUT2D eigenvalue weighted by molar-refractivity contribution is 7.80. The number of furan rings is 1. The molecule has 0 aliphatic carbocycles. The van der Waals surface area contributed by atoms with Crippen LogP contribution < -0.4 is 10.6 Å². The number of carboxylic acid groups (broad SMARTS) is 1. The van der Waals surface area contributed by atoms with Crippen LogP contribution in [0.4, 0.5) is 5.69 Å². The Bertz CT molecular complexity index is 1110. The Hall–Kier alpha value is -3.16. The van der Waals surface area contributed by atoms with Crippen LogP contribution in [0.1, 0.15) is 46.2 Å². The van der Waals surface area contributed by atoms with Gasteiger partial charge in [-0.3, -0.25) is 10.1 Å². The van der Waals surface area contributed by atoms with Crippen molar-refractivity contribution in [1.29, 1.82) is 0 Å². The summed E-state index contributed by atoms with van der Waals surface area (Å²) in [5.74, 6) is -0.925. The fourth-order valence-electron chi connectivity index (χ4n) is 2.75. The van der Waals surface area contributed by atoms with Gasteiger partial charge in [0, 0.05) is 16.8 Å². The van der Waals surface area contributed by atoms with Gasteiger partial charge >= 0.3 is 5.97 Å². The molecule has 2 aromatic carbocycles. The van der Waals surface area contributed by atoms with E-state index in [0.29, 0.717) is 33.5 Å². The van der Waals surface area contributed by atoms with Crippen LogP contribution in [-0.4, -0.2) is 22.1 Å². The van der Waals surface area contributed by atoms with E-state index in [1.54, 1.807) is 30.3 Å². The Morgan fingerprint density at radius 3 is 2.33 bits per heavy atom. The lowest BCUT2D eigenvalue weighted by Crippen LogP contribution is -2.34. The maximum absolute atomic E-state index is 12.4. The van der Waals surface area contributed by atoms with Crippen LogP contribution in [0.15, 0.2) is 59.0 Å². The van der Waals surface area contributed by atoms with Gasteiger partial charge < -0.3 is 14.8 Å². The van der Waals surface area contributed by atoms with Crippen molar-refractivity contribution in [1.82, 2.24) is 5.32 Å². The minimum atomic E-state index is -1.16. The van der Waals surface area contributed by atoms with Crippen molar-refractivity contribution >= 4 is 46.5 Å². The van der Waals surface area contributed by atoms with E-state index in [4.69, 9.17) is 33.3 Å². The van der Waals surface area contributed by atoms with Gasteiger partial charge in [-0.1, -0.05) is 37.6 Å². The van der Waals surface area contributed by atoms with Crippen LogP contribution in [0.3, 0.4) is 0 Å². The molecular formula is C22H19ClN2O4S. The summed E-state index contributed by atoms with van der Waals surface area (Å²) in [6.45, 7) is 4.17. The summed E-state index contributed by atoms with van der Waals surface area (Å²) < 4.78 is 5.27. The van der Waals surface area contributed by atoms with Crippen LogP contribution >= 0.6 is 23.8 Å². The maximum atomic E-state index is 12.4. The quantitative estimate of drug-likeness (QED) is 0.449. The molecule has 154 valence electrons. The molecule has 0 spiro atoms. The fraction of sp³-hybridized carbons (Fsp3) is 0.136. The van der Waals surface area contributed by atoms with Gasteiger partial charge in [0.2, 0.25) is 5.76 Å². The second-order valence-corrected chi connectivity index (χ2v) is 7.66. The van der Waals surface area contributed by atoms with E-state index in [0.717, 1.165) is 5.56 Å². The summed E-state index contributed by atoms with van der Waals surface area (Å²) in [5, 5.41) is 15.0. The first kappa shape index (κ1) is 21.5. The number of aromatic carboxylic acids is 1. The van der Waals surface area contributed by atoms with Gasteiger partial charge in [0.25, 0.3) is 5.91 Å². The fourth-order valence-corrected chi connectivity index (χ4v) is 3.23. The number of carbonyl (C=O) groups excluding carboxylic acids is 1. The standard InChI is InChI=1S/C22H19ClN2O4S/c1-12(2)13-3-5-14(6-4-13)20(26)25-22(30)24-15-7-8-16(17(23)11-15)18-9-10-19(29-18)21(27)28/h3-12H,1-2H3,(H,27,28)(H2,24,25,26,30). The number of hydrogen-bond acceptors (Lipinski definition) is 4. The molecule has 0 saturated carbocycles. The first-order chi connectivity index (χ1) is 14.2. The zero-order valence-corrected chi connectivity index (χ0v) is 17.8. The first-order valence-electron chi connectivity index (χ1n) is 9.10. The molecule has 0 aliphatic rings. The Morgan fingerprint density at radius 2 is 1.77 bits per heavy atom. The van der Waals surface area contributed by atoms with Gasteiger partial charge in [0.05, 0.1) is 5.02 Å². The lowest BCUT2D eigenvalue weighted by molar-refractivity contribution is 0.0663. The molecule has 1 heterocycles. The molecule has 6 nitrogen and oxygen atoms in total. The minimum absolute atomic E-state index is 0.128. The van der Waals surface area contributed by atoms with Crippen molar-refractivity contribution in [2.45, 2.75) is 19.8 Å². The van der Waals surface area contributed by atoms with Crippen LogP contribution in [0.25, 0.3) is 11.3 Å². The highest BCUT2D eigenvalue weighted by Gasteiger charge is 2.14. The average Bonchev–Trinajstić information content (AvgIpc) is 3.18. The summed E-state index contributed by atoms with van der Waals surface area (Å²) >= 11 is 11.5. The molecule has 0 atom stereocenters. The van der Waals surface area contributed by atoms with E-state index in [1.807, 2.05) is 12.1 Å². The number of carboxylic acids is 1. The molecule has 0 radical (unpaired) electrons. The maximum Gasteiger partial charge on any atom is 0.371 e. The van der Waals surface area contributed by atoms with E-state index in [2.05, 4.69) is 24.5 Å². The van der Waals surface area contributed by atoms with Crippen molar-refractivity contribution in [3.63, 3.8) is 0 Å². The van der Waals surface area contributed by atoms with E-state index in [1.165, 1.54) is 12.1 Å². The van der Waals surface area contributed by atoms with Crippen molar-refractivity contribution in [3.8, 4) is 11.3 Å². The lowest BCUT2D eigenvalue weighted by Gasteiger charge is -2.11. The van der Waals surface area contributed by atoms with Gasteiger partial charge in [-0.2, -0.15) is 0 Å². The summed E-state index contributed by atoms with van der Waals surface area (Å²) in [7, 11) is 0. The molecule has 3 N–H and O–H groups in total. The minimum Gasteiger partial charge on any atom is -0.475 e. The third-order valence-corrected chi connectivity index (χ3v) is 4.89. The van der Waals surface area contributed by atoms with Crippen LogP contribution in [0, 0.1) is 0 Å². The van der Waals surface area contributed by atoms with Crippen molar-refractivity contribution in [2.24, 2.45) is 0 Å². The zero-order chi connectivity index (χ0) is 21.8. The van der Waals surface area contributed by atoms with Crippen LogP contribution in [0.5, 0.6) is 0 Å². The topological polar surface area (TPSA) is 91.6 Å². The van der Waals surface area contributed by atoms with Gasteiger partial charge in [-0.15, -0.1) is 0 Å². The smallest absolute Gasteiger partial charge is 0.371 e. The van der Waals surface area contributed by atoms with Gasteiger partial charge in [0.1, 0.15) is 5.76 Å². The summed E-state index contributed by atoms with van der Waals surface area (Å²) in [6.07, 6.45) is 0. The van der Waals surface area contributed by atoms with E-state index >= 15 is 0 Å². The van der Waals surface area contributed by atoms with Crippen LogP contribution in [-0.2, 0) is 0 Å². The second kappa shape index (κ2) is 9.11. The van der Waals surface area contributed by atoms with E-state index in [-0.39, 0.29) is 16.8 Å². The number of hydrogen-bond donors (Lipinski definition) is 3. The molecule has 0 saturated heterocycles. The van der Waals surface area contributed by atoms with Gasteiger partial charge in [-0.05, 0) is 66.2 Å². The molecule has 0 unspecified atom stereocenters. The molecule has 8 heteroatoms.